The second-order valence-corrected chi connectivity index (χ2v) is 2.25. The van der Waals surface area contributed by atoms with E-state index in [2.05, 4.69) is 30.5 Å². The van der Waals surface area contributed by atoms with Crippen LogP contribution in [0.15, 0.2) is 11.9 Å². The van der Waals surface area contributed by atoms with Crippen molar-refractivity contribution < 1.29 is 0 Å². The molecule has 2 nitrogen and oxygen atoms in total. The van der Waals surface area contributed by atoms with Crippen LogP contribution in [0, 0.1) is 0 Å². The highest BCUT2D eigenvalue weighted by atomic mass is 15.6. The molecule has 1 aliphatic heterocycles. The van der Waals surface area contributed by atoms with Crippen molar-refractivity contribution in [3.8, 4) is 0 Å². The number of nitrogens with zero attached hydrogens (tertiary/aromatic N) is 1. The van der Waals surface area contributed by atoms with Crippen LogP contribution in [0.3, 0.4) is 0 Å². The van der Waals surface area contributed by atoms with Gasteiger partial charge in [0.15, 0.2) is 0 Å². The third kappa shape index (κ3) is 1.72. The van der Waals surface area contributed by atoms with Crippen LogP contribution in [0.1, 0.15) is 26.7 Å². The molecule has 0 radical (unpaired) electrons. The minimum absolute atomic E-state index is 1.02. The molecule has 0 aromatic rings. The van der Waals surface area contributed by atoms with Crippen molar-refractivity contribution >= 4 is 0 Å². The predicted molar refractivity (Wildman–Crippen MR) is 38.5 cm³/mol. The molecule has 0 atom stereocenters. The molecule has 0 unspecified atom stereocenters. The van der Waals surface area contributed by atoms with Crippen LogP contribution in [0.5, 0.6) is 0 Å². The Balaban J connectivity index is 2.01. The van der Waals surface area contributed by atoms with Gasteiger partial charge in [0.25, 0.3) is 0 Å². The van der Waals surface area contributed by atoms with E-state index in [0.717, 1.165) is 6.54 Å². The summed E-state index contributed by atoms with van der Waals surface area (Å²) in [4.78, 5) is 0. The number of hydrogen-bond donors (Lipinski definition) is 1. The quantitative estimate of drug-likeness (QED) is 0.613. The highest BCUT2D eigenvalue weighted by molar-refractivity contribution is 5.16. The molecule has 1 aliphatic rings. The van der Waals surface area contributed by atoms with Gasteiger partial charge in [-0.25, -0.2) is 5.43 Å². The number of allylic oxidation sites excluding steroid dienone is 1. The van der Waals surface area contributed by atoms with Crippen molar-refractivity contribution in [1.82, 2.24) is 10.4 Å². The molecule has 9 heavy (non-hydrogen) atoms. The van der Waals surface area contributed by atoms with Crippen molar-refractivity contribution in [3.63, 3.8) is 0 Å². The smallest absolute Gasteiger partial charge is 0.0523 e. The standard InChI is InChI=1S/C7H14N2/c1-3-5-7-6-9(7)8-4-2/h6,8H,3-5H2,1-2H3. The van der Waals surface area contributed by atoms with Gasteiger partial charge >= 0.3 is 0 Å². The average molecular weight is 126 g/mol. The van der Waals surface area contributed by atoms with E-state index in [9.17, 15) is 0 Å². The van der Waals surface area contributed by atoms with E-state index in [1.165, 1.54) is 18.5 Å². The molecule has 0 fully saturated rings. The van der Waals surface area contributed by atoms with Crippen molar-refractivity contribution in [1.29, 1.82) is 0 Å². The summed E-state index contributed by atoms with van der Waals surface area (Å²) in [6.45, 7) is 5.32. The number of rotatable bonds is 4. The highest BCUT2D eigenvalue weighted by Gasteiger charge is 2.17. The summed E-state index contributed by atoms with van der Waals surface area (Å²) in [5.41, 5.74) is 4.64. The van der Waals surface area contributed by atoms with Gasteiger partial charge in [0.05, 0.1) is 5.70 Å². The predicted octanol–water partition coefficient (Wildman–Crippen LogP) is 1.47. The van der Waals surface area contributed by atoms with Crippen LogP contribution in [0.2, 0.25) is 0 Å². The SMILES string of the molecule is CCCC1=CN1NCC. The fourth-order valence-electron chi connectivity index (χ4n) is 0.879. The summed E-state index contributed by atoms with van der Waals surface area (Å²) in [6.07, 6.45) is 4.60. The van der Waals surface area contributed by atoms with Crippen molar-refractivity contribution in [2.24, 2.45) is 0 Å². The first-order chi connectivity index (χ1) is 4.38. The summed E-state index contributed by atoms with van der Waals surface area (Å²) >= 11 is 0. The van der Waals surface area contributed by atoms with Gasteiger partial charge < -0.3 is 0 Å². The zero-order valence-corrected chi connectivity index (χ0v) is 6.15. The molecule has 0 amide bonds. The van der Waals surface area contributed by atoms with Crippen molar-refractivity contribution in [2.45, 2.75) is 26.7 Å². The second-order valence-electron chi connectivity index (χ2n) is 2.25. The molecular weight excluding hydrogens is 112 g/mol. The molecular formula is C7H14N2. The van der Waals surface area contributed by atoms with Crippen LogP contribution in [-0.2, 0) is 0 Å². The molecule has 0 bridgehead atoms. The van der Waals surface area contributed by atoms with E-state index in [0.29, 0.717) is 0 Å². The Labute approximate surface area is 56.5 Å². The Morgan fingerprint density at radius 2 is 2.33 bits per heavy atom. The fraction of sp³-hybridized carbons (Fsp3) is 0.714. The Kier molecular flexibility index (Phi) is 2.11. The number of nitrogens with one attached hydrogen (secondary N) is 1. The van der Waals surface area contributed by atoms with Gasteiger partial charge in [0.1, 0.15) is 0 Å². The minimum atomic E-state index is 1.02. The van der Waals surface area contributed by atoms with E-state index in [1.807, 2.05) is 0 Å². The minimum Gasteiger partial charge on any atom is -0.285 e. The van der Waals surface area contributed by atoms with E-state index in [1.54, 1.807) is 0 Å². The molecule has 0 spiro atoms. The molecule has 1 heterocycles. The monoisotopic (exact) mass is 126 g/mol. The zero-order valence-electron chi connectivity index (χ0n) is 6.15. The first-order valence-electron chi connectivity index (χ1n) is 3.62. The fourth-order valence-corrected chi connectivity index (χ4v) is 0.879. The van der Waals surface area contributed by atoms with Gasteiger partial charge in [0.2, 0.25) is 0 Å². The van der Waals surface area contributed by atoms with Crippen LogP contribution in [0.25, 0.3) is 0 Å². The summed E-state index contributed by atoms with van der Waals surface area (Å²) in [6, 6.07) is 0. The van der Waals surface area contributed by atoms with Gasteiger partial charge in [-0.2, -0.15) is 0 Å². The lowest BCUT2D eigenvalue weighted by molar-refractivity contribution is 0.424. The van der Waals surface area contributed by atoms with Crippen LogP contribution in [-0.4, -0.2) is 11.6 Å². The molecule has 1 rings (SSSR count). The lowest BCUT2D eigenvalue weighted by atomic mass is 10.3. The van der Waals surface area contributed by atoms with Gasteiger partial charge in [0, 0.05) is 12.7 Å². The largest absolute Gasteiger partial charge is 0.285 e. The van der Waals surface area contributed by atoms with Crippen molar-refractivity contribution in [2.75, 3.05) is 6.54 Å². The molecule has 0 aromatic heterocycles. The van der Waals surface area contributed by atoms with E-state index < -0.39 is 0 Å². The summed E-state index contributed by atoms with van der Waals surface area (Å²) in [5, 5.41) is 2.10. The molecule has 2 heteroatoms. The molecule has 0 aliphatic carbocycles. The van der Waals surface area contributed by atoms with Gasteiger partial charge in [-0.05, 0) is 6.42 Å². The topological polar surface area (TPSA) is 15.0 Å². The van der Waals surface area contributed by atoms with E-state index in [4.69, 9.17) is 0 Å². The third-order valence-corrected chi connectivity index (χ3v) is 1.35. The number of hydrazine groups is 1. The Hall–Kier alpha value is -0.500. The first-order valence-corrected chi connectivity index (χ1v) is 3.62. The third-order valence-electron chi connectivity index (χ3n) is 1.35. The Bertz CT molecular complexity index is 118. The van der Waals surface area contributed by atoms with Crippen LogP contribution < -0.4 is 5.43 Å². The normalized spacial score (nSPS) is 15.8. The summed E-state index contributed by atoms with van der Waals surface area (Å²) < 4.78 is 0. The van der Waals surface area contributed by atoms with E-state index >= 15 is 0 Å². The maximum Gasteiger partial charge on any atom is 0.0523 e. The van der Waals surface area contributed by atoms with E-state index in [-0.39, 0.29) is 0 Å². The molecule has 1 N–H and O–H groups in total. The number of hydrogen-bond acceptors (Lipinski definition) is 2. The zero-order chi connectivity index (χ0) is 6.69. The summed E-state index contributed by atoms with van der Waals surface area (Å²) in [5.74, 6) is 0. The van der Waals surface area contributed by atoms with Crippen LogP contribution >= 0.6 is 0 Å². The molecule has 0 aromatic carbocycles. The maximum absolute atomic E-state index is 3.20. The molecule has 0 saturated heterocycles. The Morgan fingerprint density at radius 1 is 1.56 bits per heavy atom. The van der Waals surface area contributed by atoms with Crippen molar-refractivity contribution in [3.05, 3.63) is 11.9 Å². The van der Waals surface area contributed by atoms with Gasteiger partial charge in [-0.3, -0.25) is 5.01 Å². The second kappa shape index (κ2) is 2.87. The highest BCUT2D eigenvalue weighted by Crippen LogP contribution is 2.21. The lowest BCUT2D eigenvalue weighted by Gasteiger charge is -2.03. The average Bonchev–Trinajstić information content (AvgIpc) is 2.50. The molecule has 0 saturated carbocycles. The Morgan fingerprint density at radius 3 is 2.89 bits per heavy atom. The van der Waals surface area contributed by atoms with Gasteiger partial charge in [-0.15, -0.1) is 0 Å². The summed E-state index contributed by atoms with van der Waals surface area (Å²) in [7, 11) is 0. The lowest BCUT2D eigenvalue weighted by Crippen LogP contribution is -2.21. The maximum atomic E-state index is 3.20. The first kappa shape index (κ1) is 6.62. The van der Waals surface area contributed by atoms with Crippen LogP contribution in [0.4, 0.5) is 0 Å². The molecule has 52 valence electrons. The van der Waals surface area contributed by atoms with Gasteiger partial charge in [-0.1, -0.05) is 20.3 Å².